The minimum absolute atomic E-state index is 0.684. The Morgan fingerprint density at radius 3 is 2.77 bits per heavy atom. The summed E-state index contributed by atoms with van der Waals surface area (Å²) in [5.41, 5.74) is 4.07. The van der Waals surface area contributed by atoms with Gasteiger partial charge in [-0.2, -0.15) is 0 Å². The van der Waals surface area contributed by atoms with E-state index in [1.165, 1.54) is 16.0 Å². The monoisotopic (exact) mass is 371 g/mol. The molecule has 1 aromatic carbocycles. The molecule has 1 aromatic heterocycles. The number of aliphatic imine (C=N–C) groups is 1. The molecule has 0 aliphatic carbocycles. The normalized spacial score (nSPS) is 15.0. The van der Waals surface area contributed by atoms with Crippen LogP contribution in [0.1, 0.15) is 33.6 Å². The van der Waals surface area contributed by atoms with E-state index < -0.39 is 0 Å². The van der Waals surface area contributed by atoms with Gasteiger partial charge < -0.3 is 10.6 Å². The zero-order chi connectivity index (χ0) is 18.4. The maximum absolute atomic E-state index is 4.72. The van der Waals surface area contributed by atoms with Gasteiger partial charge in [-0.15, -0.1) is 11.3 Å². The van der Waals surface area contributed by atoms with Gasteiger partial charge in [0.1, 0.15) is 0 Å². The lowest BCUT2D eigenvalue weighted by Crippen LogP contribution is -2.42. The Balaban J connectivity index is 1.49. The van der Waals surface area contributed by atoms with Crippen molar-refractivity contribution in [2.24, 2.45) is 4.99 Å². The molecular weight excluding hydrogens is 342 g/mol. The molecule has 0 fully saturated rings. The molecule has 1 aliphatic rings. The number of nitrogens with zero attached hydrogens (tertiary/aromatic N) is 3. The molecule has 0 bridgehead atoms. The Labute approximate surface area is 160 Å². The van der Waals surface area contributed by atoms with Crippen molar-refractivity contribution < 1.29 is 0 Å². The van der Waals surface area contributed by atoms with E-state index in [9.17, 15) is 0 Å². The van der Waals surface area contributed by atoms with Gasteiger partial charge in [0.05, 0.1) is 17.2 Å². The number of thiazole rings is 1. The van der Waals surface area contributed by atoms with E-state index in [-0.39, 0.29) is 0 Å². The number of hydrogen-bond acceptors (Lipinski definition) is 4. The van der Waals surface area contributed by atoms with Gasteiger partial charge in [0.2, 0.25) is 0 Å². The zero-order valence-corrected chi connectivity index (χ0v) is 16.8. The summed E-state index contributed by atoms with van der Waals surface area (Å²) >= 11 is 1.73. The van der Waals surface area contributed by atoms with Crippen molar-refractivity contribution in [2.75, 3.05) is 26.2 Å². The highest BCUT2D eigenvalue weighted by molar-refractivity contribution is 7.11. The first-order chi connectivity index (χ1) is 12.7. The first-order valence-electron chi connectivity index (χ1n) is 9.40. The number of hydrogen-bond donors (Lipinski definition) is 2. The zero-order valence-electron chi connectivity index (χ0n) is 16.0. The Kier molecular flexibility index (Phi) is 6.63. The van der Waals surface area contributed by atoms with Crippen LogP contribution in [0.25, 0.3) is 0 Å². The van der Waals surface area contributed by atoms with Crippen LogP contribution in [-0.4, -0.2) is 42.0 Å². The second-order valence-corrected chi connectivity index (χ2v) is 7.95. The van der Waals surface area contributed by atoms with E-state index >= 15 is 0 Å². The summed E-state index contributed by atoms with van der Waals surface area (Å²) in [4.78, 5) is 13.0. The fraction of sp³-hybridized carbons (Fsp3) is 0.500. The second-order valence-electron chi connectivity index (χ2n) is 6.66. The van der Waals surface area contributed by atoms with Crippen molar-refractivity contribution in [1.29, 1.82) is 0 Å². The van der Waals surface area contributed by atoms with Gasteiger partial charge in [0, 0.05) is 37.6 Å². The van der Waals surface area contributed by atoms with Gasteiger partial charge in [0.25, 0.3) is 0 Å². The summed E-state index contributed by atoms with van der Waals surface area (Å²) in [6, 6.07) is 8.78. The number of nitrogens with one attached hydrogen (secondary N) is 2. The lowest BCUT2D eigenvalue weighted by Gasteiger charge is -2.28. The molecule has 3 rings (SSSR count). The SMILES string of the molecule is CCNC(=NCc1sc(C)nc1C)NCCN1CCc2ccccc2C1. The minimum atomic E-state index is 0.684. The van der Waals surface area contributed by atoms with Crippen molar-refractivity contribution in [3.8, 4) is 0 Å². The molecule has 0 atom stereocenters. The molecule has 2 aromatic rings. The summed E-state index contributed by atoms with van der Waals surface area (Å²) in [5, 5.41) is 7.91. The van der Waals surface area contributed by atoms with Crippen molar-refractivity contribution in [1.82, 2.24) is 20.5 Å². The minimum Gasteiger partial charge on any atom is -0.357 e. The van der Waals surface area contributed by atoms with E-state index in [4.69, 9.17) is 4.99 Å². The molecule has 0 radical (unpaired) electrons. The average Bonchev–Trinajstić information content (AvgIpc) is 2.97. The van der Waals surface area contributed by atoms with Gasteiger partial charge in [0.15, 0.2) is 5.96 Å². The molecule has 0 saturated heterocycles. The second kappa shape index (κ2) is 9.14. The van der Waals surface area contributed by atoms with Crippen molar-refractivity contribution in [2.45, 2.75) is 40.3 Å². The number of aryl methyl sites for hydroxylation is 2. The van der Waals surface area contributed by atoms with E-state index in [1.54, 1.807) is 11.3 Å². The standard InChI is InChI=1S/C20H29N5S/c1-4-21-20(23-13-19-15(2)24-16(3)26-19)22-10-12-25-11-9-17-7-5-6-8-18(17)14-25/h5-8H,4,9-14H2,1-3H3,(H2,21,22,23). The molecule has 0 unspecified atom stereocenters. The largest absolute Gasteiger partial charge is 0.357 e. The van der Waals surface area contributed by atoms with Crippen LogP contribution in [-0.2, 0) is 19.5 Å². The van der Waals surface area contributed by atoms with Gasteiger partial charge >= 0.3 is 0 Å². The Morgan fingerprint density at radius 2 is 2.04 bits per heavy atom. The van der Waals surface area contributed by atoms with Crippen LogP contribution in [0.2, 0.25) is 0 Å². The predicted molar refractivity (Wildman–Crippen MR) is 110 cm³/mol. The lowest BCUT2D eigenvalue weighted by atomic mass is 10.00. The highest BCUT2D eigenvalue weighted by atomic mass is 32.1. The Hall–Kier alpha value is -1.92. The summed E-state index contributed by atoms with van der Waals surface area (Å²) in [7, 11) is 0. The molecule has 2 heterocycles. The third-order valence-corrected chi connectivity index (χ3v) is 5.71. The van der Waals surface area contributed by atoms with Crippen LogP contribution in [0, 0.1) is 13.8 Å². The fourth-order valence-corrected chi connectivity index (χ4v) is 4.15. The molecule has 0 spiro atoms. The molecule has 2 N–H and O–H groups in total. The van der Waals surface area contributed by atoms with Gasteiger partial charge in [-0.05, 0) is 38.3 Å². The van der Waals surface area contributed by atoms with E-state index in [2.05, 4.69) is 58.6 Å². The van der Waals surface area contributed by atoms with Crippen molar-refractivity contribution >= 4 is 17.3 Å². The van der Waals surface area contributed by atoms with Crippen molar-refractivity contribution in [3.05, 3.63) is 51.0 Å². The van der Waals surface area contributed by atoms with E-state index in [0.29, 0.717) is 6.54 Å². The van der Waals surface area contributed by atoms with E-state index in [0.717, 1.165) is 55.8 Å². The highest BCUT2D eigenvalue weighted by Crippen LogP contribution is 2.18. The van der Waals surface area contributed by atoms with Crippen molar-refractivity contribution in [3.63, 3.8) is 0 Å². The maximum atomic E-state index is 4.72. The first-order valence-corrected chi connectivity index (χ1v) is 10.2. The smallest absolute Gasteiger partial charge is 0.191 e. The summed E-state index contributed by atoms with van der Waals surface area (Å²) in [6.45, 7) is 11.9. The molecule has 6 heteroatoms. The van der Waals surface area contributed by atoms with Gasteiger partial charge in [-0.3, -0.25) is 4.90 Å². The Bertz CT molecular complexity index is 752. The molecule has 1 aliphatic heterocycles. The first kappa shape index (κ1) is 18.9. The number of aromatic nitrogens is 1. The molecule has 0 saturated carbocycles. The highest BCUT2D eigenvalue weighted by Gasteiger charge is 2.15. The number of rotatable bonds is 6. The van der Waals surface area contributed by atoms with Gasteiger partial charge in [-0.1, -0.05) is 24.3 Å². The Morgan fingerprint density at radius 1 is 1.23 bits per heavy atom. The molecule has 140 valence electrons. The third-order valence-electron chi connectivity index (χ3n) is 4.65. The molecule has 0 amide bonds. The van der Waals surface area contributed by atoms with Gasteiger partial charge in [-0.25, -0.2) is 9.98 Å². The quantitative estimate of drug-likeness (QED) is 0.606. The number of benzene rings is 1. The lowest BCUT2D eigenvalue weighted by molar-refractivity contribution is 0.258. The topological polar surface area (TPSA) is 52.6 Å². The maximum Gasteiger partial charge on any atom is 0.191 e. The average molecular weight is 372 g/mol. The van der Waals surface area contributed by atoms with E-state index in [1.807, 2.05) is 6.92 Å². The van der Waals surface area contributed by atoms with Crippen LogP contribution < -0.4 is 10.6 Å². The molecule has 5 nitrogen and oxygen atoms in total. The molecular formula is C20H29N5S. The number of guanidine groups is 1. The fourth-order valence-electron chi connectivity index (χ4n) is 3.29. The molecule has 26 heavy (non-hydrogen) atoms. The summed E-state index contributed by atoms with van der Waals surface area (Å²) in [5.74, 6) is 0.885. The summed E-state index contributed by atoms with van der Waals surface area (Å²) < 4.78 is 0. The van der Waals surface area contributed by atoms with Crippen LogP contribution in [0.15, 0.2) is 29.3 Å². The van der Waals surface area contributed by atoms with Crippen LogP contribution in [0.3, 0.4) is 0 Å². The summed E-state index contributed by atoms with van der Waals surface area (Å²) in [6.07, 6.45) is 1.15. The van der Waals surface area contributed by atoms with Crippen LogP contribution in [0.4, 0.5) is 0 Å². The third kappa shape index (κ3) is 5.05. The van der Waals surface area contributed by atoms with Crippen LogP contribution >= 0.6 is 11.3 Å². The van der Waals surface area contributed by atoms with Crippen LogP contribution in [0.5, 0.6) is 0 Å². The number of fused-ring (bicyclic) bond motifs is 1. The predicted octanol–water partition coefficient (Wildman–Crippen LogP) is 2.87.